The third-order valence-electron chi connectivity index (χ3n) is 2.54. The quantitative estimate of drug-likeness (QED) is 0.905. The molecule has 0 aliphatic heterocycles. The van der Waals surface area contributed by atoms with Crippen LogP contribution in [0.5, 0.6) is 5.75 Å². The van der Waals surface area contributed by atoms with E-state index in [0.29, 0.717) is 11.9 Å². The molecule has 0 saturated carbocycles. The van der Waals surface area contributed by atoms with E-state index in [2.05, 4.69) is 15.5 Å². The molecule has 0 amide bonds. The fraction of sp³-hybridized carbons (Fsp3) is 0.333. The van der Waals surface area contributed by atoms with Gasteiger partial charge in [-0.3, -0.25) is 0 Å². The first kappa shape index (κ1) is 12.3. The van der Waals surface area contributed by atoms with Gasteiger partial charge in [0.15, 0.2) is 11.6 Å². The first-order valence-electron chi connectivity index (χ1n) is 5.50. The molecular formula is C12H14FN3O2. The Kier molecular flexibility index (Phi) is 3.45. The Hall–Kier alpha value is -2.11. The second kappa shape index (κ2) is 5.03. The normalized spacial score (nSPS) is 12.2. The molecule has 1 atom stereocenters. The second-order valence-electron chi connectivity index (χ2n) is 3.89. The highest BCUT2D eigenvalue weighted by atomic mass is 19.1. The van der Waals surface area contributed by atoms with Crippen molar-refractivity contribution in [3.05, 3.63) is 35.5 Å². The molecule has 2 rings (SSSR count). The zero-order chi connectivity index (χ0) is 13.1. The van der Waals surface area contributed by atoms with Crippen molar-refractivity contribution < 1.29 is 13.5 Å². The van der Waals surface area contributed by atoms with E-state index < -0.39 is 5.82 Å². The monoisotopic (exact) mass is 251 g/mol. The largest absolute Gasteiger partial charge is 0.494 e. The Morgan fingerprint density at radius 2 is 2.17 bits per heavy atom. The van der Waals surface area contributed by atoms with E-state index in [1.807, 2.05) is 6.92 Å². The van der Waals surface area contributed by atoms with Gasteiger partial charge in [-0.1, -0.05) is 11.2 Å². The van der Waals surface area contributed by atoms with Crippen molar-refractivity contribution in [1.82, 2.24) is 10.2 Å². The van der Waals surface area contributed by atoms with Crippen LogP contribution in [0.4, 0.5) is 10.4 Å². The number of anilines is 1. The van der Waals surface area contributed by atoms with Gasteiger partial charge in [0.2, 0.25) is 5.89 Å². The maximum absolute atomic E-state index is 13.5. The van der Waals surface area contributed by atoms with Crippen molar-refractivity contribution >= 4 is 6.01 Å². The van der Waals surface area contributed by atoms with Crippen LogP contribution in [-0.2, 0) is 0 Å². The highest BCUT2D eigenvalue weighted by Crippen LogP contribution is 2.23. The van der Waals surface area contributed by atoms with Crippen LogP contribution in [0.1, 0.15) is 24.4 Å². The highest BCUT2D eigenvalue weighted by molar-refractivity contribution is 5.34. The van der Waals surface area contributed by atoms with E-state index in [4.69, 9.17) is 9.15 Å². The predicted molar refractivity (Wildman–Crippen MR) is 64.0 cm³/mol. The summed E-state index contributed by atoms with van der Waals surface area (Å²) in [6, 6.07) is 4.95. The van der Waals surface area contributed by atoms with Gasteiger partial charge in [-0.25, -0.2) is 4.39 Å². The average Bonchev–Trinajstić information content (AvgIpc) is 2.74. The Balaban J connectivity index is 2.13. The Bertz CT molecular complexity index is 542. The average molecular weight is 251 g/mol. The van der Waals surface area contributed by atoms with Crippen LogP contribution in [-0.4, -0.2) is 17.3 Å². The standard InChI is InChI=1S/C12H14FN3O2/c1-7(14-12-16-15-8(2)18-12)9-4-5-11(17-3)10(13)6-9/h4-7H,1-3H3,(H,14,16)/t7-/m1/s1. The Morgan fingerprint density at radius 1 is 1.39 bits per heavy atom. The fourth-order valence-corrected chi connectivity index (χ4v) is 1.58. The zero-order valence-electron chi connectivity index (χ0n) is 10.4. The molecular weight excluding hydrogens is 237 g/mol. The number of ether oxygens (including phenoxy) is 1. The molecule has 18 heavy (non-hydrogen) atoms. The van der Waals surface area contributed by atoms with Gasteiger partial charge in [0, 0.05) is 6.92 Å². The number of halogens is 1. The number of nitrogens with one attached hydrogen (secondary N) is 1. The van der Waals surface area contributed by atoms with E-state index in [0.717, 1.165) is 5.56 Å². The maximum atomic E-state index is 13.5. The van der Waals surface area contributed by atoms with Crippen LogP contribution < -0.4 is 10.1 Å². The Morgan fingerprint density at radius 3 is 2.72 bits per heavy atom. The number of nitrogens with zero attached hydrogens (tertiary/aromatic N) is 2. The third kappa shape index (κ3) is 2.58. The van der Waals surface area contributed by atoms with Crippen LogP contribution in [0.2, 0.25) is 0 Å². The van der Waals surface area contributed by atoms with Gasteiger partial charge in [0.05, 0.1) is 13.2 Å². The van der Waals surface area contributed by atoms with Gasteiger partial charge in [-0.15, -0.1) is 5.10 Å². The van der Waals surface area contributed by atoms with Crippen LogP contribution in [0.15, 0.2) is 22.6 Å². The lowest BCUT2D eigenvalue weighted by Crippen LogP contribution is -2.07. The zero-order valence-corrected chi connectivity index (χ0v) is 10.4. The summed E-state index contributed by atoms with van der Waals surface area (Å²) in [5.41, 5.74) is 0.768. The lowest BCUT2D eigenvalue weighted by molar-refractivity contribution is 0.386. The van der Waals surface area contributed by atoms with Crippen LogP contribution in [0, 0.1) is 12.7 Å². The van der Waals surface area contributed by atoms with Gasteiger partial charge in [-0.2, -0.15) is 0 Å². The summed E-state index contributed by atoms with van der Waals surface area (Å²) in [6.45, 7) is 3.58. The molecule has 0 saturated heterocycles. The molecule has 0 spiro atoms. The molecule has 0 unspecified atom stereocenters. The lowest BCUT2D eigenvalue weighted by Gasteiger charge is -2.13. The van der Waals surface area contributed by atoms with Crippen molar-refractivity contribution in [3.8, 4) is 5.75 Å². The van der Waals surface area contributed by atoms with E-state index >= 15 is 0 Å². The number of hydrogen-bond donors (Lipinski definition) is 1. The first-order valence-corrected chi connectivity index (χ1v) is 5.50. The molecule has 0 aliphatic rings. The van der Waals surface area contributed by atoms with Gasteiger partial charge in [-0.05, 0) is 24.6 Å². The lowest BCUT2D eigenvalue weighted by atomic mass is 10.1. The molecule has 1 aromatic heterocycles. The minimum Gasteiger partial charge on any atom is -0.494 e. The second-order valence-corrected chi connectivity index (χ2v) is 3.89. The van der Waals surface area contributed by atoms with E-state index in [1.54, 1.807) is 19.1 Å². The molecule has 2 aromatic rings. The molecule has 1 N–H and O–H groups in total. The number of hydrogen-bond acceptors (Lipinski definition) is 5. The number of benzene rings is 1. The molecule has 0 radical (unpaired) electrons. The van der Waals surface area contributed by atoms with E-state index in [1.165, 1.54) is 13.2 Å². The number of aryl methyl sites for hydroxylation is 1. The first-order chi connectivity index (χ1) is 8.60. The molecule has 1 aromatic carbocycles. The minimum absolute atomic E-state index is 0.148. The van der Waals surface area contributed by atoms with Crippen molar-refractivity contribution in [3.63, 3.8) is 0 Å². The molecule has 5 nitrogen and oxygen atoms in total. The maximum Gasteiger partial charge on any atom is 0.315 e. The van der Waals surface area contributed by atoms with Gasteiger partial charge < -0.3 is 14.5 Å². The summed E-state index contributed by atoms with van der Waals surface area (Å²) in [5, 5.41) is 10.5. The fourth-order valence-electron chi connectivity index (χ4n) is 1.58. The molecule has 0 fully saturated rings. The number of methoxy groups -OCH3 is 1. The van der Waals surface area contributed by atoms with Gasteiger partial charge >= 0.3 is 6.01 Å². The summed E-state index contributed by atoms with van der Waals surface area (Å²) in [4.78, 5) is 0. The molecule has 96 valence electrons. The molecule has 0 bridgehead atoms. The van der Waals surface area contributed by atoms with Crippen LogP contribution in [0.3, 0.4) is 0 Å². The molecule has 0 aliphatic carbocycles. The topological polar surface area (TPSA) is 60.2 Å². The van der Waals surface area contributed by atoms with Crippen molar-refractivity contribution in [2.45, 2.75) is 19.9 Å². The van der Waals surface area contributed by atoms with E-state index in [-0.39, 0.29) is 11.8 Å². The summed E-state index contributed by atoms with van der Waals surface area (Å²) in [5.74, 6) is 0.301. The third-order valence-corrected chi connectivity index (χ3v) is 2.54. The van der Waals surface area contributed by atoms with Gasteiger partial charge in [0.1, 0.15) is 0 Å². The van der Waals surface area contributed by atoms with Crippen LogP contribution in [0.25, 0.3) is 0 Å². The number of aromatic nitrogens is 2. The van der Waals surface area contributed by atoms with Crippen molar-refractivity contribution in [2.75, 3.05) is 12.4 Å². The van der Waals surface area contributed by atoms with Crippen molar-refractivity contribution in [2.24, 2.45) is 0 Å². The predicted octanol–water partition coefficient (Wildman–Crippen LogP) is 2.70. The van der Waals surface area contributed by atoms with Crippen LogP contribution >= 0.6 is 0 Å². The smallest absolute Gasteiger partial charge is 0.315 e. The summed E-state index contributed by atoms with van der Waals surface area (Å²) < 4.78 is 23.6. The molecule has 6 heteroatoms. The van der Waals surface area contributed by atoms with E-state index in [9.17, 15) is 4.39 Å². The van der Waals surface area contributed by atoms with Gasteiger partial charge in [0.25, 0.3) is 0 Å². The summed E-state index contributed by atoms with van der Waals surface area (Å²) in [6.07, 6.45) is 0. The number of rotatable bonds is 4. The SMILES string of the molecule is COc1ccc([C@@H](C)Nc2nnc(C)o2)cc1F. The summed E-state index contributed by atoms with van der Waals surface area (Å²) >= 11 is 0. The highest BCUT2D eigenvalue weighted by Gasteiger charge is 2.12. The Labute approximate surface area is 104 Å². The van der Waals surface area contributed by atoms with Crippen molar-refractivity contribution in [1.29, 1.82) is 0 Å². The minimum atomic E-state index is -0.398. The molecule has 1 heterocycles. The summed E-state index contributed by atoms with van der Waals surface area (Å²) in [7, 11) is 1.43.